The van der Waals surface area contributed by atoms with Crippen LogP contribution in [0.5, 0.6) is 0 Å². The zero-order chi connectivity index (χ0) is 18.9. The molecule has 1 atom stereocenters. The fourth-order valence-corrected chi connectivity index (χ4v) is 8.54. The van der Waals surface area contributed by atoms with Gasteiger partial charge in [-0.25, -0.2) is 0 Å². The second-order valence-corrected chi connectivity index (χ2v) is 10.8. The van der Waals surface area contributed by atoms with Crippen LogP contribution in [0, 0.1) is 0 Å². The van der Waals surface area contributed by atoms with Crippen molar-refractivity contribution in [2.75, 3.05) is 0 Å². The number of hydrogen-bond acceptors (Lipinski definition) is 0. The van der Waals surface area contributed by atoms with Gasteiger partial charge in [-0.3, -0.25) is 0 Å². The molecule has 0 spiro atoms. The average Bonchev–Trinajstić information content (AvgIpc) is 3.34. The van der Waals surface area contributed by atoms with E-state index in [0.717, 1.165) is 0 Å². The molecule has 0 aromatic heterocycles. The predicted octanol–water partition coefficient (Wildman–Crippen LogP) is -1.76. The number of halogens is 2. The molecule has 0 saturated heterocycles. The summed E-state index contributed by atoms with van der Waals surface area (Å²) in [5, 5.41) is 4.47. The van der Waals surface area contributed by atoms with Crippen molar-refractivity contribution in [2.24, 2.45) is 0 Å². The molecule has 0 heterocycles. The van der Waals surface area contributed by atoms with Gasteiger partial charge in [0.2, 0.25) is 0 Å². The van der Waals surface area contributed by atoms with E-state index in [1.807, 2.05) is 0 Å². The molecule has 2 aliphatic carbocycles. The first-order chi connectivity index (χ1) is 13.8. The van der Waals surface area contributed by atoms with E-state index in [-0.39, 0.29) is 24.8 Å². The summed E-state index contributed by atoms with van der Waals surface area (Å²) >= 11 is 1.51. The first-order valence-electron chi connectivity index (χ1n) is 9.59. The fraction of sp³-hybridized carbons (Fsp3) is 0.0385. The van der Waals surface area contributed by atoms with Crippen LogP contribution in [0.25, 0.3) is 6.08 Å². The Bertz CT molecular complexity index is 1120. The van der Waals surface area contributed by atoms with Gasteiger partial charge in [0.15, 0.2) is 0 Å². The van der Waals surface area contributed by atoms with Crippen LogP contribution in [0.3, 0.4) is 0 Å². The molecule has 30 heavy (non-hydrogen) atoms. The Kier molecular flexibility index (Phi) is 7.82. The Morgan fingerprint density at radius 1 is 0.633 bits per heavy atom. The Balaban J connectivity index is 0.00000128. The van der Waals surface area contributed by atoms with Gasteiger partial charge >= 0.3 is 184 Å². The predicted molar refractivity (Wildman–Crippen MR) is 117 cm³/mol. The van der Waals surface area contributed by atoms with Crippen molar-refractivity contribution < 1.29 is 49.5 Å². The molecule has 0 radical (unpaired) electrons. The summed E-state index contributed by atoms with van der Waals surface area (Å²) < 4.78 is 1.54. The van der Waals surface area contributed by atoms with Crippen molar-refractivity contribution >= 4 is 30.0 Å². The maximum atomic E-state index is 2.41. The standard InChI is InChI=1S/C26H19Si.2ClH.Zr/c1-3-10-22(11-4-1)27(23-12-5-2-6-13-23)24-17-15-21(19-24)26-18-16-20-9-7-8-14-25(20)26;;;/h1-18,26H;2*1H;/q;;;+2/p-2. The van der Waals surface area contributed by atoms with Crippen LogP contribution in [0.1, 0.15) is 17.0 Å². The van der Waals surface area contributed by atoms with E-state index in [2.05, 4.69) is 109 Å². The summed E-state index contributed by atoms with van der Waals surface area (Å²) in [6, 6.07) is 30.9. The minimum atomic E-state index is -0.994. The first-order valence-corrected chi connectivity index (χ1v) is 12.3. The van der Waals surface area contributed by atoms with Crippen LogP contribution in [0.2, 0.25) is 0 Å². The zero-order valence-corrected chi connectivity index (χ0v) is 21.2. The normalized spacial score (nSPS) is 16.2. The van der Waals surface area contributed by atoms with E-state index in [9.17, 15) is 0 Å². The molecule has 0 aliphatic heterocycles. The van der Waals surface area contributed by atoms with E-state index in [4.69, 9.17) is 0 Å². The molecular weight excluding hydrogens is 503 g/mol. The third-order valence-corrected chi connectivity index (χ3v) is 10.3. The van der Waals surface area contributed by atoms with E-state index in [1.54, 1.807) is 8.45 Å². The monoisotopic (exact) mass is 519 g/mol. The number of rotatable bonds is 3. The Morgan fingerprint density at radius 3 is 1.83 bits per heavy atom. The van der Waals surface area contributed by atoms with Crippen LogP contribution < -0.4 is 35.2 Å². The molecule has 2 aliphatic rings. The number of allylic oxidation sites excluding steroid dienone is 5. The second-order valence-electron chi connectivity index (χ2n) is 7.15. The molecule has 145 valence electrons. The summed E-state index contributed by atoms with van der Waals surface area (Å²) in [6.07, 6.45) is 9.44. The van der Waals surface area contributed by atoms with Crippen molar-refractivity contribution in [3.05, 3.63) is 123 Å². The average molecular weight is 522 g/mol. The summed E-state index contributed by atoms with van der Waals surface area (Å²) in [5.41, 5.74) is 4.29. The molecule has 3 aromatic carbocycles. The molecule has 1 unspecified atom stereocenters. The number of benzene rings is 3. The van der Waals surface area contributed by atoms with Gasteiger partial charge in [0, 0.05) is 0 Å². The van der Waals surface area contributed by atoms with Gasteiger partial charge in [0.1, 0.15) is 0 Å². The van der Waals surface area contributed by atoms with Gasteiger partial charge in [-0.05, 0) is 0 Å². The molecule has 0 N–H and O–H groups in total. The van der Waals surface area contributed by atoms with Gasteiger partial charge < -0.3 is 24.8 Å². The van der Waals surface area contributed by atoms with Crippen LogP contribution in [-0.4, -0.2) is 13.6 Å². The molecule has 0 amide bonds. The van der Waals surface area contributed by atoms with Crippen LogP contribution >= 0.6 is 0 Å². The zero-order valence-electron chi connectivity index (χ0n) is 16.2. The summed E-state index contributed by atoms with van der Waals surface area (Å²) in [4.78, 5) is 0. The Labute approximate surface area is 207 Å². The van der Waals surface area contributed by atoms with Gasteiger partial charge in [0.25, 0.3) is 0 Å². The summed E-state index contributed by atoms with van der Waals surface area (Å²) in [5.74, 6) is 0.397. The van der Waals surface area contributed by atoms with Crippen LogP contribution in [0.4, 0.5) is 0 Å². The molecule has 3 aromatic rings. The molecule has 5 rings (SSSR count). The Hall–Kier alpha value is -1.57. The van der Waals surface area contributed by atoms with Gasteiger partial charge in [-0.2, -0.15) is 0 Å². The van der Waals surface area contributed by atoms with Crippen molar-refractivity contribution in [1.82, 2.24) is 0 Å². The summed E-state index contributed by atoms with van der Waals surface area (Å²) in [7, 11) is -0.994. The van der Waals surface area contributed by atoms with Crippen molar-refractivity contribution in [3.63, 3.8) is 0 Å². The van der Waals surface area contributed by atoms with Crippen LogP contribution in [0.15, 0.2) is 112 Å². The SMILES string of the molecule is [Cl-].[Cl-].[Zr+2][C]1=C(C2C=Cc3ccccc32)C=CC1=[Si](c1ccccc1)c1ccccc1. The number of fused-ring (bicyclic) bond motifs is 1. The quantitative estimate of drug-likeness (QED) is 0.359. The number of hydrogen-bond donors (Lipinski definition) is 0. The van der Waals surface area contributed by atoms with Crippen molar-refractivity contribution in [2.45, 2.75) is 5.92 Å². The van der Waals surface area contributed by atoms with Gasteiger partial charge in [-0.15, -0.1) is 0 Å². The van der Waals surface area contributed by atoms with E-state index in [0.29, 0.717) is 5.92 Å². The fourth-order valence-electron chi connectivity index (χ4n) is 4.17. The molecule has 0 nitrogen and oxygen atoms in total. The molecular formula is C26H19Cl2SiZr. The maximum absolute atomic E-state index is 2.41. The van der Waals surface area contributed by atoms with Gasteiger partial charge in [-0.1, -0.05) is 0 Å². The third kappa shape index (κ3) is 4.25. The van der Waals surface area contributed by atoms with Crippen LogP contribution in [-0.2, 0) is 24.7 Å². The summed E-state index contributed by atoms with van der Waals surface area (Å²) in [6.45, 7) is 0. The Morgan fingerprint density at radius 2 is 1.20 bits per heavy atom. The van der Waals surface area contributed by atoms with E-state index in [1.165, 1.54) is 51.8 Å². The third-order valence-electron chi connectivity index (χ3n) is 5.52. The first kappa shape index (κ1) is 23.1. The van der Waals surface area contributed by atoms with Gasteiger partial charge in [0.05, 0.1) is 0 Å². The van der Waals surface area contributed by atoms with Crippen molar-refractivity contribution in [1.29, 1.82) is 0 Å². The molecule has 0 bridgehead atoms. The van der Waals surface area contributed by atoms with Crippen molar-refractivity contribution in [3.8, 4) is 0 Å². The van der Waals surface area contributed by atoms with E-state index < -0.39 is 8.41 Å². The molecule has 4 heteroatoms. The second kappa shape index (κ2) is 10.2. The minimum absolute atomic E-state index is 0. The van der Waals surface area contributed by atoms with E-state index >= 15 is 0 Å². The molecule has 0 saturated carbocycles. The topological polar surface area (TPSA) is 0 Å². The molecule has 0 fully saturated rings.